The second-order valence-corrected chi connectivity index (χ2v) is 11.8. The van der Waals surface area contributed by atoms with Crippen LogP contribution in [0.1, 0.15) is 17.3 Å². The van der Waals surface area contributed by atoms with Crippen molar-refractivity contribution >= 4 is 55.1 Å². The third-order valence-electron chi connectivity index (χ3n) is 5.42. The molecule has 0 unspecified atom stereocenters. The molecule has 8 nitrogen and oxygen atoms in total. The molecule has 0 radical (unpaired) electrons. The van der Waals surface area contributed by atoms with Gasteiger partial charge in [-0.05, 0) is 47.7 Å². The zero-order valence-corrected chi connectivity index (χ0v) is 22.8. The van der Waals surface area contributed by atoms with E-state index in [2.05, 4.69) is 21.5 Å². The van der Waals surface area contributed by atoms with Gasteiger partial charge in [-0.3, -0.25) is 9.27 Å². The van der Waals surface area contributed by atoms with Crippen LogP contribution < -0.4 is 14.8 Å². The van der Waals surface area contributed by atoms with E-state index in [1.807, 2.05) is 53.2 Å². The molecule has 1 atom stereocenters. The summed E-state index contributed by atoms with van der Waals surface area (Å²) >= 11 is 4.76. The predicted octanol–water partition coefficient (Wildman–Crippen LogP) is 6.61. The summed E-state index contributed by atoms with van der Waals surface area (Å²) in [7, 11) is -2.69. The van der Waals surface area contributed by atoms with E-state index in [1.165, 1.54) is 11.3 Å². The van der Waals surface area contributed by atoms with Gasteiger partial charge < -0.3 is 10.1 Å². The summed E-state index contributed by atoms with van der Waals surface area (Å²) in [6, 6.07) is 18.5. The lowest BCUT2D eigenvalue weighted by Gasteiger charge is -2.17. The number of anilines is 2. The normalized spacial score (nSPS) is 12.3. The van der Waals surface area contributed by atoms with Gasteiger partial charge in [0.25, 0.3) is 0 Å². The van der Waals surface area contributed by atoms with Crippen LogP contribution >= 0.6 is 34.0 Å². The summed E-state index contributed by atoms with van der Waals surface area (Å²) in [6.07, 6.45) is 0.591. The monoisotopic (exact) mass is 570 g/mol. The molecule has 0 amide bonds. The fourth-order valence-electron chi connectivity index (χ4n) is 3.69. The van der Waals surface area contributed by atoms with E-state index < -0.39 is 10.3 Å². The molecule has 3 heterocycles. The maximum absolute atomic E-state index is 11.1. The van der Waals surface area contributed by atoms with Crippen LogP contribution in [0.25, 0.3) is 21.1 Å². The maximum atomic E-state index is 11.1. The van der Waals surface area contributed by atoms with Crippen LogP contribution in [0.15, 0.2) is 76.8 Å². The molecule has 3 aromatic heterocycles. The highest BCUT2D eigenvalue weighted by Crippen LogP contribution is 2.34. The third kappa shape index (κ3) is 6.53. The van der Waals surface area contributed by atoms with Crippen LogP contribution in [0.5, 0.6) is 5.75 Å². The first kappa shape index (κ1) is 25.4. The topological polar surface area (TPSA) is 113 Å². The van der Waals surface area contributed by atoms with Crippen LogP contribution in [0.4, 0.5) is 10.8 Å². The molecule has 0 saturated heterocycles. The largest absolute Gasteiger partial charge is 0.497 e. The van der Waals surface area contributed by atoms with Crippen molar-refractivity contribution in [3.63, 3.8) is 0 Å². The van der Waals surface area contributed by atoms with Crippen molar-refractivity contribution in [1.29, 1.82) is 0 Å². The van der Waals surface area contributed by atoms with Crippen molar-refractivity contribution in [2.24, 2.45) is 0 Å². The molecule has 0 bridgehead atoms. The van der Waals surface area contributed by atoms with Crippen molar-refractivity contribution in [2.75, 3.05) is 17.1 Å². The van der Waals surface area contributed by atoms with Crippen molar-refractivity contribution in [1.82, 2.24) is 9.97 Å². The lowest BCUT2D eigenvalue weighted by molar-refractivity contribution is 0.415. The Bertz CT molecular complexity index is 1580. The summed E-state index contributed by atoms with van der Waals surface area (Å²) in [6.45, 7) is 0. The van der Waals surface area contributed by atoms with Gasteiger partial charge in [0, 0.05) is 16.3 Å². The summed E-state index contributed by atoms with van der Waals surface area (Å²) in [4.78, 5) is 10.8. The quantitative estimate of drug-likeness (QED) is 0.162. The molecule has 0 aliphatic carbocycles. The molecule has 0 fully saturated rings. The number of hydrogen-bond acceptors (Lipinski definition) is 9. The lowest BCUT2D eigenvalue weighted by Crippen LogP contribution is -2.14. The van der Waals surface area contributed by atoms with E-state index in [0.29, 0.717) is 6.42 Å². The number of nitrogens with one attached hydrogen (secondary N) is 2. The van der Waals surface area contributed by atoms with Gasteiger partial charge in [-0.2, -0.15) is 8.42 Å². The number of ether oxygens (including phenoxy) is 1. The first-order chi connectivity index (χ1) is 17.9. The van der Waals surface area contributed by atoms with Crippen LogP contribution in [0.3, 0.4) is 0 Å². The van der Waals surface area contributed by atoms with E-state index >= 15 is 0 Å². The molecule has 37 heavy (non-hydrogen) atoms. The van der Waals surface area contributed by atoms with E-state index in [4.69, 9.17) is 19.3 Å². The zero-order chi connectivity index (χ0) is 25.8. The van der Waals surface area contributed by atoms with Gasteiger partial charge in [0.05, 0.1) is 35.1 Å². The van der Waals surface area contributed by atoms with E-state index in [0.717, 1.165) is 43.3 Å². The summed E-state index contributed by atoms with van der Waals surface area (Å²) in [5.74, 6) is 0.772. The van der Waals surface area contributed by atoms with Crippen molar-refractivity contribution in [3.05, 3.63) is 88.1 Å². The Morgan fingerprint density at radius 2 is 1.84 bits per heavy atom. The number of methoxy groups -OCH3 is 1. The Labute approximate surface area is 226 Å². The van der Waals surface area contributed by atoms with E-state index in [-0.39, 0.29) is 11.7 Å². The molecule has 5 aromatic rings. The summed E-state index contributed by atoms with van der Waals surface area (Å²) in [5.41, 5.74) is 3.96. The first-order valence-corrected chi connectivity index (χ1v) is 15.1. The fraction of sp³-hybridized carbons (Fsp3) is 0.120. The van der Waals surface area contributed by atoms with Crippen LogP contribution in [0, 0.1) is 0 Å². The first-order valence-electron chi connectivity index (χ1n) is 11.1. The molecule has 12 heteroatoms. The lowest BCUT2D eigenvalue weighted by atomic mass is 10.0. The Kier molecular flexibility index (Phi) is 7.53. The molecule has 0 aliphatic rings. The Morgan fingerprint density at radius 3 is 2.57 bits per heavy atom. The van der Waals surface area contributed by atoms with Crippen molar-refractivity contribution < 1.29 is 17.7 Å². The van der Waals surface area contributed by atoms with Gasteiger partial charge in [0.15, 0.2) is 5.13 Å². The van der Waals surface area contributed by atoms with Crippen molar-refractivity contribution in [2.45, 2.75) is 12.5 Å². The van der Waals surface area contributed by atoms with Crippen molar-refractivity contribution in [3.8, 4) is 26.9 Å². The minimum Gasteiger partial charge on any atom is -0.497 e. The number of nitrogens with zero attached hydrogens (tertiary/aromatic N) is 2. The molecule has 3 N–H and O–H groups in total. The molecule has 0 aliphatic heterocycles. The summed E-state index contributed by atoms with van der Waals surface area (Å²) in [5, 5.41) is 11.4. The average molecular weight is 571 g/mol. The second kappa shape index (κ2) is 11.0. The number of thiazole rings is 2. The molecular formula is C25H22N4O4S4. The molecule has 0 saturated carbocycles. The molecule has 0 spiro atoms. The van der Waals surface area contributed by atoms with Crippen LogP contribution in [0.2, 0.25) is 0 Å². The van der Waals surface area contributed by atoms with Gasteiger partial charge in [0.2, 0.25) is 0 Å². The number of benzene rings is 2. The molecular weight excluding hydrogens is 549 g/mol. The average Bonchev–Trinajstić information content (AvgIpc) is 3.65. The second-order valence-electron chi connectivity index (χ2n) is 8.00. The zero-order valence-electron chi connectivity index (χ0n) is 19.5. The van der Waals surface area contributed by atoms with Gasteiger partial charge in [-0.25, -0.2) is 9.97 Å². The highest BCUT2D eigenvalue weighted by molar-refractivity contribution is 7.87. The standard InChI is InChI=1S/C25H22N4O4S4/c1-33-19-5-2-4-17(13-19)21-14-36-25(28-21)27-20(22-15-35-24(26-22)23-6-3-11-34-23)12-16-7-9-18(10-8-16)29-37(30,31)32/h2-11,13-15,20,29H,12H2,1H3,(H,27,28)(H,30,31,32)/t20-/m0/s1. The molecule has 190 valence electrons. The number of thiophene rings is 1. The third-order valence-corrected chi connectivity index (χ3v) is 8.59. The van der Waals surface area contributed by atoms with Gasteiger partial charge in [-0.1, -0.05) is 30.3 Å². The van der Waals surface area contributed by atoms with Gasteiger partial charge in [-0.15, -0.1) is 34.0 Å². The highest BCUT2D eigenvalue weighted by atomic mass is 32.2. The number of aromatic nitrogens is 2. The Balaban J connectivity index is 1.40. The maximum Gasteiger partial charge on any atom is 0.357 e. The van der Waals surface area contributed by atoms with Crippen LogP contribution in [-0.2, 0) is 16.7 Å². The molecule has 5 rings (SSSR count). The SMILES string of the molecule is COc1cccc(-c2csc(N[C@@H](Cc3ccc(NS(=O)(=O)O)cc3)c3csc(-c4cccs4)n3)n2)c1. The highest BCUT2D eigenvalue weighted by Gasteiger charge is 2.19. The predicted molar refractivity (Wildman–Crippen MR) is 151 cm³/mol. The Hall–Kier alpha value is -3.29. The van der Waals surface area contributed by atoms with Gasteiger partial charge >= 0.3 is 10.3 Å². The summed E-state index contributed by atoms with van der Waals surface area (Å²) < 4.78 is 38.6. The van der Waals surface area contributed by atoms with E-state index in [9.17, 15) is 8.42 Å². The minimum absolute atomic E-state index is 0.172. The van der Waals surface area contributed by atoms with Crippen LogP contribution in [-0.4, -0.2) is 30.0 Å². The molecule has 2 aromatic carbocycles. The minimum atomic E-state index is -4.33. The number of hydrogen-bond donors (Lipinski definition) is 3. The van der Waals surface area contributed by atoms with E-state index in [1.54, 1.807) is 41.9 Å². The Morgan fingerprint density at radius 1 is 1.00 bits per heavy atom. The smallest absolute Gasteiger partial charge is 0.357 e. The fourth-order valence-corrected chi connectivity index (χ4v) is 6.58. The number of rotatable bonds is 10. The van der Waals surface area contributed by atoms with Gasteiger partial charge in [0.1, 0.15) is 10.8 Å².